The van der Waals surface area contributed by atoms with Gasteiger partial charge in [0.25, 0.3) is 0 Å². The van der Waals surface area contributed by atoms with Gasteiger partial charge in [-0.15, -0.1) is 0 Å². The van der Waals surface area contributed by atoms with Crippen molar-refractivity contribution in [1.29, 1.82) is 0 Å². The summed E-state index contributed by atoms with van der Waals surface area (Å²) in [4.78, 5) is 0. The Hall–Kier alpha value is 0.700. The van der Waals surface area contributed by atoms with E-state index in [4.69, 9.17) is 0 Å². The first-order chi connectivity index (χ1) is 4.97. The van der Waals surface area contributed by atoms with Crippen molar-refractivity contribution >= 4 is 23.5 Å². The van der Waals surface area contributed by atoms with Crippen molar-refractivity contribution in [3.8, 4) is 0 Å². The average molecular weight is 174 g/mol. The fourth-order valence-electron chi connectivity index (χ4n) is 1.77. The lowest BCUT2D eigenvalue weighted by Gasteiger charge is -2.12. The molecule has 2 aliphatic heterocycles. The topological polar surface area (TPSA) is 0 Å². The number of thioether (sulfide) groups is 2. The summed E-state index contributed by atoms with van der Waals surface area (Å²) in [6.07, 6.45) is 5.95. The van der Waals surface area contributed by atoms with Crippen LogP contribution in [0.1, 0.15) is 25.7 Å². The van der Waals surface area contributed by atoms with Crippen molar-refractivity contribution in [2.24, 2.45) is 0 Å². The third-order valence-corrected chi connectivity index (χ3v) is 5.52. The van der Waals surface area contributed by atoms with Crippen LogP contribution < -0.4 is 0 Å². The highest BCUT2D eigenvalue weighted by Crippen LogP contribution is 2.40. The van der Waals surface area contributed by atoms with Gasteiger partial charge < -0.3 is 0 Å². The summed E-state index contributed by atoms with van der Waals surface area (Å²) >= 11 is 4.45. The summed E-state index contributed by atoms with van der Waals surface area (Å²) < 4.78 is 0. The van der Waals surface area contributed by atoms with E-state index < -0.39 is 0 Å². The monoisotopic (exact) mass is 174 g/mol. The summed E-state index contributed by atoms with van der Waals surface area (Å²) in [5.41, 5.74) is 0. The molecule has 0 spiro atoms. The molecule has 2 saturated heterocycles. The molecular weight excluding hydrogens is 160 g/mol. The van der Waals surface area contributed by atoms with Crippen LogP contribution in [0.5, 0.6) is 0 Å². The Morgan fingerprint density at radius 1 is 0.800 bits per heavy atom. The Morgan fingerprint density at radius 2 is 1.60 bits per heavy atom. The molecule has 2 heterocycles. The highest BCUT2D eigenvalue weighted by Gasteiger charge is 2.28. The molecule has 0 bridgehead atoms. The molecule has 0 aliphatic carbocycles. The van der Waals surface area contributed by atoms with Crippen LogP contribution in [0, 0.1) is 0 Å². The van der Waals surface area contributed by atoms with Crippen LogP contribution in [0.2, 0.25) is 0 Å². The van der Waals surface area contributed by atoms with E-state index in [9.17, 15) is 0 Å². The number of hydrogen-bond donors (Lipinski definition) is 0. The molecular formula is C8H14S2. The smallest absolute Gasteiger partial charge is 0.0174 e. The number of fused-ring (bicyclic) bond motifs is 1. The number of hydrogen-bond acceptors (Lipinski definition) is 2. The van der Waals surface area contributed by atoms with E-state index in [1.165, 1.54) is 37.2 Å². The summed E-state index contributed by atoms with van der Waals surface area (Å²) in [5.74, 6) is 2.87. The largest absolute Gasteiger partial charge is 0.157 e. The second kappa shape index (κ2) is 3.40. The molecule has 0 aromatic carbocycles. The van der Waals surface area contributed by atoms with Crippen molar-refractivity contribution in [2.45, 2.75) is 36.2 Å². The lowest BCUT2D eigenvalue weighted by molar-refractivity contribution is 0.692. The molecule has 0 unspecified atom stereocenters. The standard InChI is InChI=1S/C8H14S2/c1-2-5-9-8-4-6-10-7(8)3-1/h7-8H,1-6H2/t7-,8-/m1/s1. The van der Waals surface area contributed by atoms with E-state index in [0.29, 0.717) is 0 Å². The van der Waals surface area contributed by atoms with Gasteiger partial charge in [-0.3, -0.25) is 0 Å². The van der Waals surface area contributed by atoms with Crippen LogP contribution in [0.15, 0.2) is 0 Å². The van der Waals surface area contributed by atoms with Crippen LogP contribution in [-0.2, 0) is 0 Å². The van der Waals surface area contributed by atoms with Gasteiger partial charge in [0.1, 0.15) is 0 Å². The van der Waals surface area contributed by atoms with E-state index in [0.717, 1.165) is 10.5 Å². The minimum atomic E-state index is 1.03. The first-order valence-electron chi connectivity index (χ1n) is 4.20. The molecule has 10 heavy (non-hydrogen) atoms. The molecule has 2 rings (SSSR count). The fraction of sp³-hybridized carbons (Fsp3) is 1.00. The molecule has 58 valence electrons. The third kappa shape index (κ3) is 1.48. The zero-order valence-electron chi connectivity index (χ0n) is 6.21. The molecule has 0 N–H and O–H groups in total. The summed E-state index contributed by atoms with van der Waals surface area (Å²) in [6.45, 7) is 0. The molecule has 0 nitrogen and oxygen atoms in total. The van der Waals surface area contributed by atoms with Gasteiger partial charge >= 0.3 is 0 Å². The van der Waals surface area contributed by atoms with Crippen LogP contribution in [0.3, 0.4) is 0 Å². The first kappa shape index (κ1) is 7.35. The number of rotatable bonds is 0. The normalized spacial score (nSPS) is 40.8. The highest BCUT2D eigenvalue weighted by atomic mass is 32.2. The lowest BCUT2D eigenvalue weighted by atomic mass is 10.1. The molecule has 0 aromatic heterocycles. The van der Waals surface area contributed by atoms with E-state index in [-0.39, 0.29) is 0 Å². The SMILES string of the molecule is C1CC[C@H]2SCC[C@H]2SC1. The minimum Gasteiger partial charge on any atom is -0.157 e. The van der Waals surface area contributed by atoms with E-state index in [1.807, 2.05) is 0 Å². The van der Waals surface area contributed by atoms with Gasteiger partial charge in [0.15, 0.2) is 0 Å². The van der Waals surface area contributed by atoms with E-state index >= 15 is 0 Å². The Balaban J connectivity index is 1.95. The van der Waals surface area contributed by atoms with Crippen molar-refractivity contribution in [3.05, 3.63) is 0 Å². The lowest BCUT2D eigenvalue weighted by Crippen LogP contribution is -2.11. The molecule has 0 amide bonds. The average Bonchev–Trinajstić information content (AvgIpc) is 2.28. The maximum Gasteiger partial charge on any atom is 0.0174 e. The molecule has 0 saturated carbocycles. The Kier molecular flexibility index (Phi) is 2.50. The first-order valence-corrected chi connectivity index (χ1v) is 6.30. The summed E-state index contributed by atoms with van der Waals surface area (Å²) in [7, 11) is 0. The van der Waals surface area contributed by atoms with Crippen LogP contribution >= 0.6 is 23.5 Å². The molecule has 2 atom stereocenters. The van der Waals surface area contributed by atoms with Gasteiger partial charge in [-0.05, 0) is 30.8 Å². The Bertz CT molecular complexity index is 102. The van der Waals surface area contributed by atoms with Gasteiger partial charge in [0.2, 0.25) is 0 Å². The van der Waals surface area contributed by atoms with E-state index in [1.54, 1.807) is 0 Å². The predicted molar refractivity (Wildman–Crippen MR) is 51.0 cm³/mol. The van der Waals surface area contributed by atoms with Crippen LogP contribution in [-0.4, -0.2) is 22.0 Å². The fourth-order valence-corrected chi connectivity index (χ4v) is 5.08. The van der Waals surface area contributed by atoms with Crippen molar-refractivity contribution in [3.63, 3.8) is 0 Å². The quantitative estimate of drug-likeness (QED) is 0.554. The summed E-state index contributed by atoms with van der Waals surface area (Å²) in [6, 6.07) is 0. The molecule has 0 radical (unpaired) electrons. The van der Waals surface area contributed by atoms with Crippen molar-refractivity contribution in [1.82, 2.24) is 0 Å². The molecule has 2 heteroatoms. The van der Waals surface area contributed by atoms with Gasteiger partial charge in [0, 0.05) is 10.5 Å². The maximum absolute atomic E-state index is 2.23. The van der Waals surface area contributed by atoms with Crippen molar-refractivity contribution < 1.29 is 0 Å². The summed E-state index contributed by atoms with van der Waals surface area (Å²) in [5, 5.41) is 2.07. The molecule has 0 aromatic rings. The Labute approximate surface area is 71.5 Å². The van der Waals surface area contributed by atoms with Gasteiger partial charge in [0.05, 0.1) is 0 Å². The second-order valence-electron chi connectivity index (χ2n) is 3.10. The van der Waals surface area contributed by atoms with Crippen LogP contribution in [0.25, 0.3) is 0 Å². The van der Waals surface area contributed by atoms with Crippen molar-refractivity contribution in [2.75, 3.05) is 11.5 Å². The zero-order chi connectivity index (χ0) is 6.81. The predicted octanol–water partition coefficient (Wildman–Crippen LogP) is 2.78. The van der Waals surface area contributed by atoms with Crippen LogP contribution in [0.4, 0.5) is 0 Å². The van der Waals surface area contributed by atoms with Gasteiger partial charge in [-0.2, -0.15) is 23.5 Å². The molecule has 2 fully saturated rings. The minimum absolute atomic E-state index is 1.03. The Morgan fingerprint density at radius 3 is 2.60 bits per heavy atom. The highest BCUT2D eigenvalue weighted by molar-refractivity contribution is 8.04. The second-order valence-corrected chi connectivity index (χ2v) is 5.80. The third-order valence-electron chi connectivity index (χ3n) is 2.36. The van der Waals surface area contributed by atoms with Gasteiger partial charge in [-0.1, -0.05) is 6.42 Å². The van der Waals surface area contributed by atoms with Gasteiger partial charge in [-0.25, -0.2) is 0 Å². The molecule has 2 aliphatic rings. The maximum atomic E-state index is 2.23. The van der Waals surface area contributed by atoms with E-state index in [2.05, 4.69) is 23.5 Å². The zero-order valence-corrected chi connectivity index (χ0v) is 7.85.